The third-order valence-corrected chi connectivity index (χ3v) is 2.71. The van der Waals surface area contributed by atoms with Gasteiger partial charge in [0, 0.05) is 13.1 Å². The lowest BCUT2D eigenvalue weighted by Gasteiger charge is -2.11. The van der Waals surface area contributed by atoms with E-state index in [-0.39, 0.29) is 0 Å². The van der Waals surface area contributed by atoms with Crippen molar-refractivity contribution in [1.82, 2.24) is 15.0 Å². The van der Waals surface area contributed by atoms with Crippen LogP contribution < -0.4 is 15.2 Å². The van der Waals surface area contributed by atoms with Crippen LogP contribution in [0.15, 0.2) is 24.4 Å². The fourth-order valence-electron chi connectivity index (χ4n) is 1.77. The normalized spacial score (nSPS) is 10.5. The Morgan fingerprint density at radius 1 is 1.37 bits per heavy atom. The Hall–Kier alpha value is -2.08. The summed E-state index contributed by atoms with van der Waals surface area (Å²) in [5, 5.41) is 7.84. The first-order valence-electron chi connectivity index (χ1n) is 6.08. The molecule has 1 heterocycles. The zero-order chi connectivity index (χ0) is 13.7. The van der Waals surface area contributed by atoms with E-state index in [1.165, 1.54) is 0 Å². The largest absolute Gasteiger partial charge is 0.497 e. The van der Waals surface area contributed by atoms with Gasteiger partial charge in [0.1, 0.15) is 23.8 Å². The number of rotatable bonds is 6. The Labute approximate surface area is 112 Å². The summed E-state index contributed by atoms with van der Waals surface area (Å²) in [5.74, 6) is 1.53. The number of hydrogen-bond donors (Lipinski definition) is 1. The Kier molecular flexibility index (Phi) is 4.35. The SMILES string of the molecule is COc1ccc(CCN)c(OCc2cn(C)nn2)c1. The maximum absolute atomic E-state index is 5.78. The van der Waals surface area contributed by atoms with Crippen molar-refractivity contribution in [3.05, 3.63) is 35.7 Å². The van der Waals surface area contributed by atoms with Gasteiger partial charge in [-0.2, -0.15) is 0 Å². The van der Waals surface area contributed by atoms with E-state index in [4.69, 9.17) is 15.2 Å². The number of nitrogens with two attached hydrogens (primary N) is 1. The maximum Gasteiger partial charge on any atom is 0.134 e. The molecule has 19 heavy (non-hydrogen) atoms. The highest BCUT2D eigenvalue weighted by Crippen LogP contribution is 2.25. The van der Waals surface area contributed by atoms with Gasteiger partial charge in [-0.05, 0) is 24.6 Å². The lowest BCUT2D eigenvalue weighted by atomic mass is 10.1. The molecule has 0 saturated carbocycles. The van der Waals surface area contributed by atoms with Crippen LogP contribution in [0.1, 0.15) is 11.3 Å². The van der Waals surface area contributed by atoms with Crippen LogP contribution >= 0.6 is 0 Å². The predicted octanol–water partition coefficient (Wildman–Crippen LogP) is 0.904. The summed E-state index contributed by atoms with van der Waals surface area (Å²) in [7, 11) is 3.45. The van der Waals surface area contributed by atoms with E-state index in [1.807, 2.05) is 31.4 Å². The minimum absolute atomic E-state index is 0.374. The number of nitrogens with zero attached hydrogens (tertiary/aromatic N) is 3. The quantitative estimate of drug-likeness (QED) is 0.837. The second-order valence-corrected chi connectivity index (χ2v) is 4.18. The summed E-state index contributed by atoms with van der Waals surface area (Å²) in [6, 6.07) is 5.74. The zero-order valence-electron chi connectivity index (χ0n) is 11.2. The Balaban J connectivity index is 2.12. The molecule has 2 rings (SSSR count). The molecule has 1 aromatic heterocycles. The molecule has 0 aliphatic carbocycles. The summed E-state index contributed by atoms with van der Waals surface area (Å²) in [6.45, 7) is 0.951. The number of methoxy groups -OCH3 is 1. The summed E-state index contributed by atoms with van der Waals surface area (Å²) in [6.07, 6.45) is 2.59. The Bertz CT molecular complexity index is 539. The van der Waals surface area contributed by atoms with Crippen LogP contribution in [0.25, 0.3) is 0 Å². The average Bonchev–Trinajstić information content (AvgIpc) is 2.83. The monoisotopic (exact) mass is 262 g/mol. The molecule has 0 aliphatic rings. The van der Waals surface area contributed by atoms with Crippen LogP contribution in [-0.2, 0) is 20.1 Å². The van der Waals surface area contributed by atoms with Crippen LogP contribution in [-0.4, -0.2) is 28.6 Å². The molecule has 0 atom stereocenters. The number of hydrogen-bond acceptors (Lipinski definition) is 5. The van der Waals surface area contributed by atoms with Gasteiger partial charge in [0.15, 0.2) is 0 Å². The summed E-state index contributed by atoms with van der Waals surface area (Å²) < 4.78 is 12.6. The molecular weight excluding hydrogens is 244 g/mol. The number of aryl methyl sites for hydroxylation is 1. The summed E-state index contributed by atoms with van der Waals surface area (Å²) >= 11 is 0. The van der Waals surface area contributed by atoms with Crippen LogP contribution in [0.3, 0.4) is 0 Å². The van der Waals surface area contributed by atoms with Crippen LogP contribution in [0.4, 0.5) is 0 Å². The molecule has 0 saturated heterocycles. The Morgan fingerprint density at radius 2 is 2.21 bits per heavy atom. The fraction of sp³-hybridized carbons (Fsp3) is 0.385. The first kappa shape index (κ1) is 13.4. The van der Waals surface area contributed by atoms with Crippen molar-refractivity contribution in [2.45, 2.75) is 13.0 Å². The van der Waals surface area contributed by atoms with Crippen molar-refractivity contribution in [2.75, 3.05) is 13.7 Å². The highest BCUT2D eigenvalue weighted by Gasteiger charge is 2.07. The molecular formula is C13H18N4O2. The van der Waals surface area contributed by atoms with Crippen molar-refractivity contribution in [1.29, 1.82) is 0 Å². The van der Waals surface area contributed by atoms with Gasteiger partial charge >= 0.3 is 0 Å². The number of benzene rings is 1. The maximum atomic E-state index is 5.78. The van der Waals surface area contributed by atoms with Gasteiger partial charge in [0.2, 0.25) is 0 Å². The van der Waals surface area contributed by atoms with Gasteiger partial charge < -0.3 is 15.2 Å². The van der Waals surface area contributed by atoms with Gasteiger partial charge in [-0.3, -0.25) is 4.68 Å². The van der Waals surface area contributed by atoms with Gasteiger partial charge in [-0.25, -0.2) is 0 Å². The lowest BCUT2D eigenvalue weighted by molar-refractivity contribution is 0.295. The molecule has 0 amide bonds. The van der Waals surface area contributed by atoms with E-state index in [9.17, 15) is 0 Å². The molecule has 2 aromatic rings. The molecule has 0 radical (unpaired) electrons. The van der Waals surface area contributed by atoms with Crippen molar-refractivity contribution < 1.29 is 9.47 Å². The van der Waals surface area contributed by atoms with Crippen LogP contribution in [0.2, 0.25) is 0 Å². The van der Waals surface area contributed by atoms with Crippen molar-refractivity contribution in [3.63, 3.8) is 0 Å². The van der Waals surface area contributed by atoms with E-state index in [0.29, 0.717) is 13.2 Å². The van der Waals surface area contributed by atoms with Crippen molar-refractivity contribution >= 4 is 0 Å². The van der Waals surface area contributed by atoms with Crippen LogP contribution in [0.5, 0.6) is 11.5 Å². The first-order chi connectivity index (χ1) is 9.22. The molecule has 0 aliphatic heterocycles. The highest BCUT2D eigenvalue weighted by molar-refractivity contribution is 5.41. The lowest BCUT2D eigenvalue weighted by Crippen LogP contribution is -2.06. The third-order valence-electron chi connectivity index (χ3n) is 2.71. The topological polar surface area (TPSA) is 75.2 Å². The molecule has 6 nitrogen and oxygen atoms in total. The molecule has 1 aromatic carbocycles. The van der Waals surface area contributed by atoms with Gasteiger partial charge in [-0.1, -0.05) is 11.3 Å². The summed E-state index contributed by atoms with van der Waals surface area (Å²) in [5.41, 5.74) is 7.44. The summed E-state index contributed by atoms with van der Waals surface area (Å²) in [4.78, 5) is 0. The molecule has 102 valence electrons. The first-order valence-corrected chi connectivity index (χ1v) is 6.08. The minimum Gasteiger partial charge on any atom is -0.497 e. The van der Waals surface area contributed by atoms with E-state index in [0.717, 1.165) is 29.2 Å². The molecule has 6 heteroatoms. The smallest absolute Gasteiger partial charge is 0.134 e. The third kappa shape index (κ3) is 3.45. The second kappa shape index (κ2) is 6.19. The van der Waals surface area contributed by atoms with Gasteiger partial charge in [0.25, 0.3) is 0 Å². The standard InChI is InChI=1S/C13H18N4O2/c1-17-8-11(15-16-17)9-19-13-7-12(18-2)4-3-10(13)5-6-14/h3-4,7-8H,5-6,9,14H2,1-2H3. The average molecular weight is 262 g/mol. The van der Waals surface area contributed by atoms with E-state index < -0.39 is 0 Å². The highest BCUT2D eigenvalue weighted by atomic mass is 16.5. The molecule has 2 N–H and O–H groups in total. The predicted molar refractivity (Wildman–Crippen MR) is 71.1 cm³/mol. The van der Waals surface area contributed by atoms with E-state index >= 15 is 0 Å². The zero-order valence-corrected chi connectivity index (χ0v) is 11.2. The molecule has 0 fully saturated rings. The van der Waals surface area contributed by atoms with Gasteiger partial charge in [-0.15, -0.1) is 5.10 Å². The molecule has 0 bridgehead atoms. The van der Waals surface area contributed by atoms with Crippen molar-refractivity contribution in [2.24, 2.45) is 12.8 Å². The number of aromatic nitrogens is 3. The number of ether oxygens (including phenoxy) is 2. The molecule has 0 spiro atoms. The van der Waals surface area contributed by atoms with Crippen LogP contribution in [0, 0.1) is 0 Å². The van der Waals surface area contributed by atoms with Crippen molar-refractivity contribution in [3.8, 4) is 11.5 Å². The van der Waals surface area contributed by atoms with Gasteiger partial charge in [0.05, 0.1) is 13.3 Å². The van der Waals surface area contributed by atoms with E-state index in [2.05, 4.69) is 10.3 Å². The molecule has 0 unspecified atom stereocenters. The minimum atomic E-state index is 0.374. The van der Waals surface area contributed by atoms with E-state index in [1.54, 1.807) is 11.8 Å². The Morgan fingerprint density at radius 3 is 2.84 bits per heavy atom. The fourth-order valence-corrected chi connectivity index (χ4v) is 1.77. The second-order valence-electron chi connectivity index (χ2n) is 4.18.